The van der Waals surface area contributed by atoms with Crippen LogP contribution in [0.3, 0.4) is 0 Å². The van der Waals surface area contributed by atoms with Crippen molar-refractivity contribution in [2.24, 2.45) is 0 Å². The first kappa shape index (κ1) is 15.7. The molecular weight excluding hydrogens is 316 g/mol. The number of hydrogen-bond acceptors (Lipinski definition) is 4. The van der Waals surface area contributed by atoms with Gasteiger partial charge < -0.3 is 9.64 Å². The van der Waals surface area contributed by atoms with Gasteiger partial charge in [0.25, 0.3) is 5.69 Å². The fraction of sp³-hybridized carbons (Fsp3) is 0.300. The van der Waals surface area contributed by atoms with E-state index < -0.39 is 5.72 Å². The molecule has 0 saturated carbocycles. The number of nitro groups is 1. The number of rotatable bonds is 2. The fourth-order valence-electron chi connectivity index (χ4n) is 4.11. The third-order valence-corrected chi connectivity index (χ3v) is 5.44. The molecule has 2 aliphatic rings. The van der Waals surface area contributed by atoms with E-state index >= 15 is 0 Å². The van der Waals surface area contributed by atoms with Crippen molar-refractivity contribution >= 4 is 17.5 Å². The largest absolute Gasteiger partial charge is 0.463 e. The lowest BCUT2D eigenvalue weighted by atomic mass is 9.76. The van der Waals surface area contributed by atoms with Crippen molar-refractivity contribution in [3.63, 3.8) is 0 Å². The maximum Gasteiger partial charge on any atom is 0.270 e. The monoisotopic (exact) mass is 336 g/mol. The van der Waals surface area contributed by atoms with Gasteiger partial charge >= 0.3 is 0 Å². The molecule has 0 fully saturated rings. The van der Waals surface area contributed by atoms with Crippen LogP contribution in [0.2, 0.25) is 0 Å². The van der Waals surface area contributed by atoms with Crippen molar-refractivity contribution in [2.75, 3.05) is 11.4 Å². The Kier molecular flexibility index (Phi) is 3.19. The van der Waals surface area contributed by atoms with E-state index in [0.717, 1.165) is 12.1 Å². The molecule has 0 aromatic heterocycles. The standard InChI is InChI=1S/C20H20N2O3/c1-4-21-17-8-6-5-7-16(17)19(2,3)20(21)12-11-14-13-15(22(23)24)9-10-18(14)25-20/h5-13H,4H2,1-3H3/t20-/m1/s1. The second-order valence-electron chi connectivity index (χ2n) is 7.00. The van der Waals surface area contributed by atoms with Crippen molar-refractivity contribution in [3.05, 3.63) is 69.8 Å². The van der Waals surface area contributed by atoms with E-state index in [0.29, 0.717) is 5.75 Å². The summed E-state index contributed by atoms with van der Waals surface area (Å²) in [5.41, 5.74) is 2.31. The summed E-state index contributed by atoms with van der Waals surface area (Å²) in [6.07, 6.45) is 3.99. The normalized spacial score (nSPS) is 22.4. The van der Waals surface area contributed by atoms with E-state index in [1.807, 2.05) is 18.2 Å². The van der Waals surface area contributed by atoms with Gasteiger partial charge in [0.2, 0.25) is 5.72 Å². The van der Waals surface area contributed by atoms with Gasteiger partial charge in [-0.25, -0.2) is 0 Å². The molecule has 0 bridgehead atoms. The van der Waals surface area contributed by atoms with Crippen LogP contribution >= 0.6 is 0 Å². The van der Waals surface area contributed by atoms with Gasteiger partial charge in [0.1, 0.15) is 5.75 Å². The second kappa shape index (κ2) is 5.09. The van der Waals surface area contributed by atoms with Gasteiger partial charge in [-0.05, 0) is 50.6 Å². The lowest BCUT2D eigenvalue weighted by molar-refractivity contribution is -0.384. The third kappa shape index (κ3) is 1.95. The highest BCUT2D eigenvalue weighted by Gasteiger charge is 2.58. The molecule has 0 unspecified atom stereocenters. The zero-order valence-corrected chi connectivity index (χ0v) is 14.5. The van der Waals surface area contributed by atoms with Crippen LogP contribution in [0.4, 0.5) is 11.4 Å². The molecule has 1 spiro atoms. The molecule has 0 aliphatic carbocycles. The Labute approximate surface area is 146 Å². The lowest BCUT2D eigenvalue weighted by Crippen LogP contribution is -2.59. The van der Waals surface area contributed by atoms with Crippen LogP contribution in [0.1, 0.15) is 31.9 Å². The first-order chi connectivity index (χ1) is 11.9. The molecule has 0 radical (unpaired) electrons. The van der Waals surface area contributed by atoms with Gasteiger partial charge in [-0.2, -0.15) is 0 Å². The van der Waals surface area contributed by atoms with Crippen molar-refractivity contribution in [3.8, 4) is 5.75 Å². The van der Waals surface area contributed by atoms with E-state index in [4.69, 9.17) is 4.74 Å². The van der Waals surface area contributed by atoms with E-state index in [-0.39, 0.29) is 16.0 Å². The first-order valence-corrected chi connectivity index (χ1v) is 8.44. The topological polar surface area (TPSA) is 55.6 Å². The van der Waals surface area contributed by atoms with Crippen molar-refractivity contribution < 1.29 is 9.66 Å². The maximum atomic E-state index is 11.0. The molecule has 25 heavy (non-hydrogen) atoms. The van der Waals surface area contributed by atoms with Crippen molar-refractivity contribution in [1.29, 1.82) is 0 Å². The molecule has 5 heteroatoms. The van der Waals surface area contributed by atoms with Gasteiger partial charge in [0.15, 0.2) is 0 Å². The van der Waals surface area contributed by atoms with Crippen LogP contribution in [0.15, 0.2) is 48.5 Å². The molecule has 2 aromatic rings. The predicted molar refractivity (Wildman–Crippen MR) is 98.0 cm³/mol. The van der Waals surface area contributed by atoms with Crippen LogP contribution in [-0.4, -0.2) is 17.2 Å². The Morgan fingerprint density at radius 2 is 1.96 bits per heavy atom. The highest BCUT2D eigenvalue weighted by Crippen LogP contribution is 2.54. The summed E-state index contributed by atoms with van der Waals surface area (Å²) in [5.74, 6) is 0.674. The molecule has 4 rings (SSSR count). The predicted octanol–water partition coefficient (Wildman–Crippen LogP) is 4.51. The van der Waals surface area contributed by atoms with Crippen LogP contribution in [0.25, 0.3) is 6.08 Å². The van der Waals surface area contributed by atoms with E-state index in [9.17, 15) is 10.1 Å². The summed E-state index contributed by atoms with van der Waals surface area (Å²) < 4.78 is 6.53. The van der Waals surface area contributed by atoms with E-state index in [2.05, 4.69) is 43.9 Å². The summed E-state index contributed by atoms with van der Waals surface area (Å²) in [4.78, 5) is 12.9. The van der Waals surface area contributed by atoms with Crippen LogP contribution < -0.4 is 9.64 Å². The fourth-order valence-corrected chi connectivity index (χ4v) is 4.11. The summed E-state index contributed by atoms with van der Waals surface area (Å²) in [7, 11) is 0. The first-order valence-electron chi connectivity index (χ1n) is 8.44. The van der Waals surface area contributed by atoms with Gasteiger partial charge in [-0.15, -0.1) is 0 Å². The SMILES string of the molecule is CCN1c2ccccc2C(C)(C)[C@]12C=Cc1cc([N+](=O)[O-])ccc1O2. The van der Waals surface area contributed by atoms with Crippen LogP contribution in [0, 0.1) is 10.1 Å². The van der Waals surface area contributed by atoms with Crippen LogP contribution in [0.5, 0.6) is 5.75 Å². The summed E-state index contributed by atoms with van der Waals surface area (Å²) in [6, 6.07) is 13.1. The van der Waals surface area contributed by atoms with Crippen molar-refractivity contribution in [1.82, 2.24) is 0 Å². The number of benzene rings is 2. The molecular formula is C20H20N2O3. The number of likely N-dealkylation sites (N-methyl/N-ethyl adjacent to an activating group) is 1. The number of nitro benzene ring substituents is 1. The number of anilines is 1. The summed E-state index contributed by atoms with van der Waals surface area (Å²) in [5, 5.41) is 11.0. The Balaban J connectivity index is 1.86. The lowest BCUT2D eigenvalue weighted by Gasteiger charge is -2.46. The maximum absolute atomic E-state index is 11.0. The molecule has 2 aromatic carbocycles. The number of ether oxygens (including phenoxy) is 1. The molecule has 1 atom stereocenters. The minimum Gasteiger partial charge on any atom is -0.463 e. The van der Waals surface area contributed by atoms with Crippen LogP contribution in [-0.2, 0) is 5.41 Å². The number of fused-ring (bicyclic) bond motifs is 2. The Morgan fingerprint density at radius 1 is 1.20 bits per heavy atom. The highest BCUT2D eigenvalue weighted by molar-refractivity contribution is 5.73. The minimum atomic E-state index is -0.644. The quantitative estimate of drug-likeness (QED) is 0.598. The minimum absolute atomic E-state index is 0.0734. The Bertz CT molecular complexity index is 904. The van der Waals surface area contributed by atoms with Gasteiger partial charge in [0.05, 0.1) is 10.3 Å². The number of nitrogens with zero attached hydrogens (tertiary/aromatic N) is 2. The van der Waals surface area contributed by atoms with Crippen molar-refractivity contribution in [2.45, 2.75) is 31.9 Å². The molecule has 5 nitrogen and oxygen atoms in total. The molecule has 0 saturated heterocycles. The highest BCUT2D eigenvalue weighted by atomic mass is 16.6. The molecule has 0 N–H and O–H groups in total. The number of hydrogen-bond donors (Lipinski definition) is 0. The Morgan fingerprint density at radius 3 is 2.68 bits per heavy atom. The van der Waals surface area contributed by atoms with Gasteiger partial charge in [-0.3, -0.25) is 10.1 Å². The second-order valence-corrected chi connectivity index (χ2v) is 7.00. The molecule has 2 aliphatic heterocycles. The number of para-hydroxylation sites is 1. The number of non-ortho nitro benzene ring substituents is 1. The van der Waals surface area contributed by atoms with Gasteiger partial charge in [0, 0.05) is 29.9 Å². The molecule has 0 amide bonds. The van der Waals surface area contributed by atoms with Gasteiger partial charge in [-0.1, -0.05) is 18.2 Å². The van der Waals surface area contributed by atoms with E-state index in [1.165, 1.54) is 17.3 Å². The third-order valence-electron chi connectivity index (χ3n) is 5.44. The Hall–Kier alpha value is -2.82. The molecule has 128 valence electrons. The average Bonchev–Trinajstić information content (AvgIpc) is 2.78. The zero-order chi connectivity index (χ0) is 17.8. The average molecular weight is 336 g/mol. The van der Waals surface area contributed by atoms with E-state index in [1.54, 1.807) is 12.1 Å². The summed E-state index contributed by atoms with van der Waals surface area (Å²) in [6.45, 7) is 7.28. The summed E-state index contributed by atoms with van der Waals surface area (Å²) >= 11 is 0. The zero-order valence-electron chi connectivity index (χ0n) is 14.5. The molecule has 2 heterocycles. The smallest absolute Gasteiger partial charge is 0.270 e.